The Bertz CT molecular complexity index is 736. The Hall–Kier alpha value is -2.40. The molecule has 0 atom stereocenters. The zero-order valence-electron chi connectivity index (χ0n) is 12.4. The van der Waals surface area contributed by atoms with Crippen molar-refractivity contribution in [1.82, 2.24) is 4.90 Å². The highest BCUT2D eigenvalue weighted by molar-refractivity contribution is 7.09. The van der Waals surface area contributed by atoms with Gasteiger partial charge in [0, 0.05) is 29.1 Å². The molecule has 3 nitrogen and oxygen atoms in total. The van der Waals surface area contributed by atoms with Gasteiger partial charge in [-0.05, 0) is 48.2 Å². The molecule has 0 spiro atoms. The molecule has 23 heavy (non-hydrogen) atoms. The fourth-order valence-corrected chi connectivity index (χ4v) is 3.03. The summed E-state index contributed by atoms with van der Waals surface area (Å²) in [6.07, 6.45) is 4.02. The largest absolute Gasteiger partial charge is 0.472 e. The number of amides is 1. The topological polar surface area (TPSA) is 33.5 Å². The van der Waals surface area contributed by atoms with Crippen LogP contribution in [0.1, 0.15) is 20.8 Å². The molecule has 5 heteroatoms. The van der Waals surface area contributed by atoms with Gasteiger partial charge in [0.25, 0.3) is 5.91 Å². The van der Waals surface area contributed by atoms with Crippen LogP contribution in [0.15, 0.2) is 64.8 Å². The lowest BCUT2D eigenvalue weighted by Gasteiger charge is -2.22. The first-order valence-corrected chi connectivity index (χ1v) is 8.18. The van der Waals surface area contributed by atoms with Crippen LogP contribution in [0.5, 0.6) is 0 Å². The fraction of sp³-hybridized carbons (Fsp3) is 0.167. The fourth-order valence-electron chi connectivity index (χ4n) is 2.33. The lowest BCUT2D eigenvalue weighted by atomic mass is 10.1. The van der Waals surface area contributed by atoms with Crippen LogP contribution in [0.3, 0.4) is 0 Å². The number of hydrogen-bond acceptors (Lipinski definition) is 3. The van der Waals surface area contributed by atoms with Gasteiger partial charge in [0.1, 0.15) is 5.82 Å². The Kier molecular flexibility index (Phi) is 4.88. The number of carbonyl (C=O) groups is 1. The standard InChI is InChI=1S/C18H16FNO2S/c19-16-5-3-15(4-6-16)18(21)20(12-14-8-10-22-13-14)9-7-17-2-1-11-23-17/h1-6,8,10-11,13H,7,9,12H2. The minimum Gasteiger partial charge on any atom is -0.472 e. The lowest BCUT2D eigenvalue weighted by Crippen LogP contribution is -2.32. The quantitative estimate of drug-likeness (QED) is 0.673. The molecule has 0 aliphatic rings. The predicted octanol–water partition coefficient (Wildman–Crippen LogP) is 4.37. The Labute approximate surface area is 138 Å². The molecule has 0 bridgehead atoms. The first kappa shape index (κ1) is 15.5. The van der Waals surface area contributed by atoms with Crippen molar-refractivity contribution in [3.63, 3.8) is 0 Å². The van der Waals surface area contributed by atoms with Crippen LogP contribution in [0.4, 0.5) is 4.39 Å². The van der Waals surface area contributed by atoms with E-state index in [-0.39, 0.29) is 11.7 Å². The van der Waals surface area contributed by atoms with Gasteiger partial charge in [-0.25, -0.2) is 4.39 Å². The molecule has 118 valence electrons. The third-order valence-corrected chi connectivity index (χ3v) is 4.48. The summed E-state index contributed by atoms with van der Waals surface area (Å²) in [6, 6.07) is 11.6. The lowest BCUT2D eigenvalue weighted by molar-refractivity contribution is 0.0745. The second kappa shape index (κ2) is 7.24. The van der Waals surface area contributed by atoms with Crippen LogP contribution in [0.2, 0.25) is 0 Å². The van der Waals surface area contributed by atoms with Crippen LogP contribution in [-0.4, -0.2) is 17.4 Å². The van der Waals surface area contributed by atoms with Crippen LogP contribution < -0.4 is 0 Å². The van der Waals surface area contributed by atoms with E-state index in [0.717, 1.165) is 12.0 Å². The van der Waals surface area contributed by atoms with Gasteiger partial charge in [0.05, 0.1) is 12.5 Å². The van der Waals surface area contributed by atoms with E-state index in [9.17, 15) is 9.18 Å². The number of halogens is 1. The first-order chi connectivity index (χ1) is 11.2. The van der Waals surface area contributed by atoms with E-state index in [2.05, 4.69) is 6.07 Å². The van der Waals surface area contributed by atoms with Gasteiger partial charge < -0.3 is 9.32 Å². The molecule has 2 heterocycles. The average molecular weight is 329 g/mol. The highest BCUT2D eigenvalue weighted by Crippen LogP contribution is 2.15. The van der Waals surface area contributed by atoms with Crippen molar-refractivity contribution in [3.8, 4) is 0 Å². The zero-order valence-corrected chi connectivity index (χ0v) is 13.3. The summed E-state index contributed by atoms with van der Waals surface area (Å²) in [5.41, 5.74) is 1.42. The molecular weight excluding hydrogens is 313 g/mol. The van der Waals surface area contributed by atoms with Crippen LogP contribution >= 0.6 is 11.3 Å². The maximum Gasteiger partial charge on any atom is 0.254 e. The third kappa shape index (κ3) is 4.07. The van der Waals surface area contributed by atoms with Crippen LogP contribution in [-0.2, 0) is 13.0 Å². The molecule has 2 aromatic heterocycles. The summed E-state index contributed by atoms with van der Waals surface area (Å²) >= 11 is 1.68. The van der Waals surface area contributed by atoms with E-state index in [4.69, 9.17) is 4.42 Å². The van der Waals surface area contributed by atoms with Gasteiger partial charge in [-0.1, -0.05) is 6.07 Å². The van der Waals surface area contributed by atoms with Crippen molar-refractivity contribution in [3.05, 3.63) is 82.2 Å². The minimum atomic E-state index is -0.346. The molecule has 0 radical (unpaired) electrons. The van der Waals surface area contributed by atoms with E-state index in [1.165, 1.54) is 29.1 Å². The van der Waals surface area contributed by atoms with Gasteiger partial charge in [0.15, 0.2) is 0 Å². The molecule has 0 aliphatic heterocycles. The molecule has 0 aliphatic carbocycles. The molecule has 1 aromatic carbocycles. The van der Waals surface area contributed by atoms with Crippen molar-refractivity contribution >= 4 is 17.2 Å². The van der Waals surface area contributed by atoms with E-state index < -0.39 is 0 Å². The maximum atomic E-state index is 13.1. The van der Waals surface area contributed by atoms with E-state index in [0.29, 0.717) is 18.7 Å². The van der Waals surface area contributed by atoms with Crippen molar-refractivity contribution in [2.75, 3.05) is 6.54 Å². The zero-order chi connectivity index (χ0) is 16.1. The maximum absolute atomic E-state index is 13.1. The SMILES string of the molecule is O=C(c1ccc(F)cc1)N(CCc1cccs1)Cc1ccoc1. The van der Waals surface area contributed by atoms with Crippen LogP contribution in [0.25, 0.3) is 0 Å². The normalized spacial score (nSPS) is 10.7. The molecule has 0 saturated heterocycles. The van der Waals surface area contributed by atoms with Gasteiger partial charge in [0.2, 0.25) is 0 Å². The molecular formula is C18H16FNO2S. The molecule has 0 unspecified atom stereocenters. The molecule has 0 fully saturated rings. The summed E-state index contributed by atoms with van der Waals surface area (Å²) in [5.74, 6) is -0.454. The Morgan fingerprint density at radius 3 is 2.65 bits per heavy atom. The van der Waals surface area contributed by atoms with E-state index >= 15 is 0 Å². The highest BCUT2D eigenvalue weighted by atomic mass is 32.1. The van der Waals surface area contributed by atoms with Crippen LogP contribution in [0, 0.1) is 5.82 Å². The van der Waals surface area contributed by atoms with Crippen molar-refractivity contribution < 1.29 is 13.6 Å². The average Bonchev–Trinajstić information content (AvgIpc) is 3.25. The summed E-state index contributed by atoms with van der Waals surface area (Å²) < 4.78 is 18.1. The Balaban J connectivity index is 1.75. The summed E-state index contributed by atoms with van der Waals surface area (Å²) in [7, 11) is 0. The van der Waals surface area contributed by atoms with Gasteiger partial charge in [-0.15, -0.1) is 11.3 Å². The number of thiophene rings is 1. The molecule has 3 aromatic rings. The second-order valence-electron chi connectivity index (χ2n) is 5.19. The third-order valence-electron chi connectivity index (χ3n) is 3.54. The highest BCUT2D eigenvalue weighted by Gasteiger charge is 2.17. The van der Waals surface area contributed by atoms with E-state index in [1.54, 1.807) is 28.8 Å². The molecule has 0 N–H and O–H groups in total. The smallest absolute Gasteiger partial charge is 0.254 e. The summed E-state index contributed by atoms with van der Waals surface area (Å²) in [5, 5.41) is 2.03. The molecule has 3 rings (SSSR count). The summed E-state index contributed by atoms with van der Waals surface area (Å²) in [4.78, 5) is 15.7. The minimum absolute atomic E-state index is 0.109. The number of nitrogens with zero attached hydrogens (tertiary/aromatic N) is 1. The molecule has 1 amide bonds. The number of rotatable bonds is 6. The van der Waals surface area contributed by atoms with Crippen molar-refractivity contribution in [1.29, 1.82) is 0 Å². The van der Waals surface area contributed by atoms with Crippen molar-refractivity contribution in [2.45, 2.75) is 13.0 Å². The van der Waals surface area contributed by atoms with Gasteiger partial charge >= 0.3 is 0 Å². The number of benzene rings is 1. The summed E-state index contributed by atoms with van der Waals surface area (Å²) in [6.45, 7) is 1.07. The second-order valence-corrected chi connectivity index (χ2v) is 6.23. The Morgan fingerprint density at radius 1 is 1.17 bits per heavy atom. The monoisotopic (exact) mass is 329 g/mol. The van der Waals surface area contributed by atoms with Gasteiger partial charge in [-0.2, -0.15) is 0 Å². The number of hydrogen-bond donors (Lipinski definition) is 0. The van der Waals surface area contributed by atoms with Gasteiger partial charge in [-0.3, -0.25) is 4.79 Å². The molecule has 0 saturated carbocycles. The van der Waals surface area contributed by atoms with E-state index in [1.807, 2.05) is 17.5 Å². The Morgan fingerprint density at radius 2 is 2.00 bits per heavy atom. The predicted molar refractivity (Wildman–Crippen MR) is 87.9 cm³/mol. The first-order valence-electron chi connectivity index (χ1n) is 7.30. The van der Waals surface area contributed by atoms with Crippen molar-refractivity contribution in [2.24, 2.45) is 0 Å². The number of carbonyl (C=O) groups excluding carboxylic acids is 1. The number of furan rings is 1.